The van der Waals surface area contributed by atoms with E-state index in [1.165, 1.54) is 0 Å². The van der Waals surface area contributed by atoms with Crippen LogP contribution >= 0.6 is 0 Å². The van der Waals surface area contributed by atoms with Gasteiger partial charge in [-0.2, -0.15) is 5.10 Å². The molecule has 1 aliphatic rings. The van der Waals surface area contributed by atoms with Crippen LogP contribution in [0.5, 0.6) is 5.75 Å². The van der Waals surface area contributed by atoms with Crippen LogP contribution in [0.3, 0.4) is 0 Å². The smallest absolute Gasteiger partial charge is 0.239 e. The van der Waals surface area contributed by atoms with Gasteiger partial charge in [0.1, 0.15) is 12.4 Å². The summed E-state index contributed by atoms with van der Waals surface area (Å²) in [6.45, 7) is 1.99. The Morgan fingerprint density at radius 2 is 2.33 bits per heavy atom. The molecule has 1 N–H and O–H groups in total. The van der Waals surface area contributed by atoms with E-state index in [-0.39, 0.29) is 11.9 Å². The third-order valence-electron chi connectivity index (χ3n) is 4.30. The summed E-state index contributed by atoms with van der Waals surface area (Å²) in [5, 5.41) is 7.42. The van der Waals surface area contributed by atoms with Crippen molar-refractivity contribution in [3.8, 4) is 16.9 Å². The lowest BCUT2D eigenvalue weighted by Gasteiger charge is -2.21. The molecule has 0 aliphatic carbocycles. The van der Waals surface area contributed by atoms with Gasteiger partial charge in [0.2, 0.25) is 5.91 Å². The molecule has 6 nitrogen and oxygen atoms in total. The Kier molecular flexibility index (Phi) is 5.15. The van der Waals surface area contributed by atoms with Crippen molar-refractivity contribution in [2.75, 3.05) is 26.7 Å². The Labute approximate surface area is 142 Å². The number of aromatic nitrogens is 2. The number of aryl methyl sites for hydroxylation is 1. The minimum absolute atomic E-state index is 0.0242. The number of nitrogens with one attached hydrogen (secondary N) is 1. The monoisotopic (exact) mass is 328 g/mol. The van der Waals surface area contributed by atoms with Gasteiger partial charge in [0.05, 0.1) is 18.8 Å². The second-order valence-corrected chi connectivity index (χ2v) is 6.19. The highest BCUT2D eigenvalue weighted by atomic mass is 16.5. The van der Waals surface area contributed by atoms with E-state index < -0.39 is 0 Å². The molecule has 2 heterocycles. The van der Waals surface area contributed by atoms with Crippen molar-refractivity contribution in [3.63, 3.8) is 0 Å². The Bertz CT molecular complexity index is 692. The highest BCUT2D eigenvalue weighted by Crippen LogP contribution is 2.23. The van der Waals surface area contributed by atoms with Crippen molar-refractivity contribution in [1.82, 2.24) is 20.0 Å². The summed E-state index contributed by atoms with van der Waals surface area (Å²) in [7, 11) is 3.73. The maximum atomic E-state index is 12.2. The second-order valence-electron chi connectivity index (χ2n) is 6.19. The largest absolute Gasteiger partial charge is 0.492 e. The third kappa shape index (κ3) is 3.94. The first-order valence-corrected chi connectivity index (χ1v) is 8.34. The van der Waals surface area contributed by atoms with Crippen molar-refractivity contribution in [1.29, 1.82) is 0 Å². The van der Waals surface area contributed by atoms with E-state index in [0.29, 0.717) is 13.2 Å². The quantitative estimate of drug-likeness (QED) is 0.876. The third-order valence-corrected chi connectivity index (χ3v) is 4.30. The molecule has 128 valence electrons. The van der Waals surface area contributed by atoms with E-state index in [0.717, 1.165) is 36.3 Å². The van der Waals surface area contributed by atoms with Gasteiger partial charge >= 0.3 is 0 Å². The van der Waals surface area contributed by atoms with Gasteiger partial charge in [-0.05, 0) is 37.1 Å². The number of ether oxygens (including phenoxy) is 1. The molecule has 0 saturated carbocycles. The average molecular weight is 328 g/mol. The van der Waals surface area contributed by atoms with Gasteiger partial charge in [-0.3, -0.25) is 9.48 Å². The number of hydrogen-bond donors (Lipinski definition) is 1. The van der Waals surface area contributed by atoms with E-state index in [1.807, 2.05) is 50.8 Å². The maximum absolute atomic E-state index is 12.2. The van der Waals surface area contributed by atoms with E-state index >= 15 is 0 Å². The van der Waals surface area contributed by atoms with Crippen LogP contribution in [0.2, 0.25) is 0 Å². The fourth-order valence-electron chi connectivity index (χ4n) is 2.91. The fraction of sp³-hybridized carbons (Fsp3) is 0.444. The summed E-state index contributed by atoms with van der Waals surface area (Å²) in [5.41, 5.74) is 2.13. The highest BCUT2D eigenvalue weighted by Gasteiger charge is 2.24. The SMILES string of the molecule is CN(CCOc1cccc(-c2cnn(C)c2)c1)C(=O)C1CCCN1. The van der Waals surface area contributed by atoms with Crippen LogP contribution in [0, 0.1) is 0 Å². The number of nitrogens with zero attached hydrogens (tertiary/aromatic N) is 3. The van der Waals surface area contributed by atoms with Gasteiger partial charge < -0.3 is 15.0 Å². The zero-order chi connectivity index (χ0) is 16.9. The molecule has 0 spiro atoms. The highest BCUT2D eigenvalue weighted by molar-refractivity contribution is 5.81. The lowest BCUT2D eigenvalue weighted by atomic mass is 10.1. The molecule has 1 unspecified atom stereocenters. The van der Waals surface area contributed by atoms with Gasteiger partial charge in [-0.1, -0.05) is 12.1 Å². The number of amides is 1. The first-order chi connectivity index (χ1) is 11.6. The molecule has 1 aromatic carbocycles. The number of likely N-dealkylation sites (N-methyl/N-ethyl adjacent to an activating group) is 1. The van der Waals surface area contributed by atoms with Crippen molar-refractivity contribution in [2.24, 2.45) is 7.05 Å². The van der Waals surface area contributed by atoms with Crippen molar-refractivity contribution >= 4 is 5.91 Å². The maximum Gasteiger partial charge on any atom is 0.239 e. The van der Waals surface area contributed by atoms with E-state index in [2.05, 4.69) is 10.4 Å². The summed E-state index contributed by atoms with van der Waals surface area (Å²) in [4.78, 5) is 14.0. The predicted octanol–water partition coefficient (Wildman–Crippen LogP) is 1.68. The Hall–Kier alpha value is -2.34. The number of rotatable bonds is 6. The van der Waals surface area contributed by atoms with E-state index in [9.17, 15) is 4.79 Å². The molecule has 1 fully saturated rings. The van der Waals surface area contributed by atoms with Crippen LogP contribution in [0.1, 0.15) is 12.8 Å². The van der Waals surface area contributed by atoms with Crippen LogP contribution in [0.15, 0.2) is 36.7 Å². The lowest BCUT2D eigenvalue weighted by molar-refractivity contribution is -0.132. The van der Waals surface area contributed by atoms with Crippen LogP contribution in [0.25, 0.3) is 11.1 Å². The molecule has 3 rings (SSSR count). The van der Waals surface area contributed by atoms with Crippen LogP contribution in [0.4, 0.5) is 0 Å². The number of carbonyl (C=O) groups is 1. The Morgan fingerprint density at radius 3 is 3.04 bits per heavy atom. The first-order valence-electron chi connectivity index (χ1n) is 8.34. The van der Waals surface area contributed by atoms with Crippen LogP contribution in [-0.2, 0) is 11.8 Å². The fourth-order valence-corrected chi connectivity index (χ4v) is 2.91. The molecule has 6 heteroatoms. The average Bonchev–Trinajstić information content (AvgIpc) is 3.26. The molecule has 1 atom stereocenters. The lowest BCUT2D eigenvalue weighted by Crippen LogP contribution is -2.43. The number of benzene rings is 1. The molecule has 1 aromatic heterocycles. The van der Waals surface area contributed by atoms with Gasteiger partial charge in [0.15, 0.2) is 0 Å². The van der Waals surface area contributed by atoms with Gasteiger partial charge in [-0.25, -0.2) is 0 Å². The summed E-state index contributed by atoms with van der Waals surface area (Å²) in [5.74, 6) is 0.955. The molecule has 0 bridgehead atoms. The van der Waals surface area contributed by atoms with Gasteiger partial charge in [-0.15, -0.1) is 0 Å². The topological polar surface area (TPSA) is 59.4 Å². The van der Waals surface area contributed by atoms with E-state index in [1.54, 1.807) is 9.58 Å². The summed E-state index contributed by atoms with van der Waals surface area (Å²) in [6, 6.07) is 7.90. The first kappa shape index (κ1) is 16.5. The van der Waals surface area contributed by atoms with Crippen LogP contribution in [-0.4, -0.2) is 53.4 Å². The minimum atomic E-state index is -0.0242. The standard InChI is InChI=1S/C18H24N4O2/c1-21(18(23)17-7-4-8-19-17)9-10-24-16-6-3-5-14(11-16)15-12-20-22(2)13-15/h3,5-6,11-13,17,19H,4,7-10H2,1-2H3. The molecule has 2 aromatic rings. The molecule has 1 amide bonds. The van der Waals surface area contributed by atoms with Crippen molar-refractivity contribution < 1.29 is 9.53 Å². The molecule has 1 saturated heterocycles. The number of hydrogen-bond acceptors (Lipinski definition) is 4. The van der Waals surface area contributed by atoms with Crippen molar-refractivity contribution in [3.05, 3.63) is 36.7 Å². The normalized spacial score (nSPS) is 17.0. The minimum Gasteiger partial charge on any atom is -0.492 e. The van der Waals surface area contributed by atoms with Crippen molar-refractivity contribution in [2.45, 2.75) is 18.9 Å². The van der Waals surface area contributed by atoms with Gasteiger partial charge in [0, 0.05) is 25.9 Å². The molecule has 0 radical (unpaired) electrons. The molecular formula is C18H24N4O2. The Morgan fingerprint density at radius 1 is 1.46 bits per heavy atom. The summed E-state index contributed by atoms with van der Waals surface area (Å²) >= 11 is 0. The molecule has 24 heavy (non-hydrogen) atoms. The van der Waals surface area contributed by atoms with Gasteiger partial charge in [0.25, 0.3) is 0 Å². The molecular weight excluding hydrogens is 304 g/mol. The summed E-state index contributed by atoms with van der Waals surface area (Å²) < 4.78 is 7.60. The Balaban J connectivity index is 1.52. The summed E-state index contributed by atoms with van der Waals surface area (Å²) in [6.07, 6.45) is 5.80. The zero-order valence-electron chi connectivity index (χ0n) is 14.2. The zero-order valence-corrected chi connectivity index (χ0v) is 14.2. The molecule has 1 aliphatic heterocycles. The van der Waals surface area contributed by atoms with E-state index in [4.69, 9.17) is 4.74 Å². The second kappa shape index (κ2) is 7.49. The van der Waals surface area contributed by atoms with Crippen LogP contribution < -0.4 is 10.1 Å². The predicted molar refractivity (Wildman–Crippen MR) is 92.8 cm³/mol. The number of carbonyl (C=O) groups excluding carboxylic acids is 1.